The van der Waals surface area contributed by atoms with Crippen molar-refractivity contribution < 1.29 is 23.5 Å². The maximum absolute atomic E-state index is 13.8. The molecule has 1 spiro atoms. The van der Waals surface area contributed by atoms with Crippen LogP contribution in [0.15, 0.2) is 24.3 Å². The fourth-order valence-corrected chi connectivity index (χ4v) is 4.93. The van der Waals surface area contributed by atoms with Crippen LogP contribution in [0, 0.1) is 5.82 Å². The second-order valence-corrected chi connectivity index (χ2v) is 8.64. The molecule has 3 aliphatic rings. The van der Waals surface area contributed by atoms with E-state index in [0.29, 0.717) is 45.4 Å². The van der Waals surface area contributed by atoms with Crippen molar-refractivity contribution in [3.8, 4) is 0 Å². The molecule has 1 aromatic rings. The largest absolute Gasteiger partial charge is 0.381 e. The van der Waals surface area contributed by atoms with E-state index < -0.39 is 22.9 Å². The minimum atomic E-state index is -0.834. The van der Waals surface area contributed by atoms with Gasteiger partial charge in [-0.05, 0) is 43.4 Å². The van der Waals surface area contributed by atoms with Crippen molar-refractivity contribution >= 4 is 17.8 Å². The Balaban J connectivity index is 1.42. The molecular weight excluding hydrogens is 389 g/mol. The highest BCUT2D eigenvalue weighted by atomic mass is 19.1. The van der Waals surface area contributed by atoms with Crippen LogP contribution >= 0.6 is 0 Å². The van der Waals surface area contributed by atoms with Crippen LogP contribution < -0.4 is 10.6 Å². The Morgan fingerprint density at radius 1 is 1.13 bits per heavy atom. The van der Waals surface area contributed by atoms with Gasteiger partial charge in [-0.3, -0.25) is 14.5 Å². The summed E-state index contributed by atoms with van der Waals surface area (Å²) in [6.07, 6.45) is 5.40. The molecule has 1 saturated carbocycles. The molecule has 7 nitrogen and oxygen atoms in total. The van der Waals surface area contributed by atoms with Gasteiger partial charge < -0.3 is 15.4 Å². The van der Waals surface area contributed by atoms with Gasteiger partial charge in [-0.25, -0.2) is 9.18 Å². The number of benzene rings is 1. The maximum atomic E-state index is 13.8. The van der Waals surface area contributed by atoms with Crippen LogP contribution in [-0.2, 0) is 19.7 Å². The monoisotopic (exact) mass is 417 g/mol. The van der Waals surface area contributed by atoms with E-state index in [2.05, 4.69) is 10.6 Å². The summed E-state index contributed by atoms with van der Waals surface area (Å²) in [5.41, 5.74) is -0.445. The number of hydrogen-bond acceptors (Lipinski definition) is 4. The number of amides is 4. The minimum Gasteiger partial charge on any atom is -0.381 e. The molecule has 4 amide bonds. The summed E-state index contributed by atoms with van der Waals surface area (Å²) < 4.78 is 19.3. The molecule has 0 unspecified atom stereocenters. The number of urea groups is 1. The van der Waals surface area contributed by atoms with Gasteiger partial charge in [0.1, 0.15) is 17.9 Å². The molecule has 0 atom stereocenters. The third kappa shape index (κ3) is 3.93. The van der Waals surface area contributed by atoms with Crippen LogP contribution in [0.2, 0.25) is 0 Å². The SMILES string of the molecule is O=C(CN1C(=O)NC2(CCCCC2)C1=O)NCC1(c2cccc(F)c2)CCOCC1. The van der Waals surface area contributed by atoms with Crippen molar-refractivity contribution in [3.05, 3.63) is 35.6 Å². The molecule has 2 N–H and O–H groups in total. The first-order valence-electron chi connectivity index (χ1n) is 10.7. The van der Waals surface area contributed by atoms with Gasteiger partial charge in [-0.15, -0.1) is 0 Å². The number of rotatable bonds is 5. The Morgan fingerprint density at radius 3 is 2.57 bits per heavy atom. The number of carbonyl (C=O) groups excluding carboxylic acids is 3. The molecule has 30 heavy (non-hydrogen) atoms. The summed E-state index contributed by atoms with van der Waals surface area (Å²) in [7, 11) is 0. The molecule has 162 valence electrons. The molecule has 2 saturated heterocycles. The summed E-state index contributed by atoms with van der Waals surface area (Å²) in [5, 5.41) is 5.70. The summed E-state index contributed by atoms with van der Waals surface area (Å²) in [6.45, 7) is 1.05. The molecule has 0 bridgehead atoms. The Kier molecular flexibility index (Phi) is 5.77. The van der Waals surface area contributed by atoms with E-state index in [1.165, 1.54) is 12.1 Å². The van der Waals surface area contributed by atoms with Crippen molar-refractivity contribution in [2.24, 2.45) is 0 Å². The molecular formula is C22H28FN3O4. The highest BCUT2D eigenvalue weighted by Gasteiger charge is 2.51. The van der Waals surface area contributed by atoms with Crippen molar-refractivity contribution in [3.63, 3.8) is 0 Å². The van der Waals surface area contributed by atoms with Crippen LogP contribution in [0.25, 0.3) is 0 Å². The molecule has 1 aromatic carbocycles. The van der Waals surface area contributed by atoms with Crippen molar-refractivity contribution in [2.75, 3.05) is 26.3 Å². The molecule has 0 radical (unpaired) electrons. The lowest BCUT2D eigenvalue weighted by atomic mass is 9.74. The number of ether oxygens (including phenoxy) is 1. The smallest absolute Gasteiger partial charge is 0.325 e. The molecule has 8 heteroatoms. The Hall–Kier alpha value is -2.48. The minimum absolute atomic E-state index is 0.298. The van der Waals surface area contributed by atoms with Crippen LogP contribution in [0.5, 0.6) is 0 Å². The quantitative estimate of drug-likeness (QED) is 0.720. The van der Waals surface area contributed by atoms with Gasteiger partial charge in [-0.2, -0.15) is 0 Å². The Morgan fingerprint density at radius 2 is 1.87 bits per heavy atom. The van der Waals surface area contributed by atoms with E-state index >= 15 is 0 Å². The van der Waals surface area contributed by atoms with E-state index in [9.17, 15) is 18.8 Å². The zero-order valence-electron chi connectivity index (χ0n) is 17.0. The predicted octanol–water partition coefficient (Wildman–Crippen LogP) is 2.24. The fraction of sp³-hybridized carbons (Fsp3) is 0.591. The molecule has 2 heterocycles. The first kappa shape index (κ1) is 20.8. The number of nitrogens with zero attached hydrogens (tertiary/aromatic N) is 1. The maximum Gasteiger partial charge on any atom is 0.325 e. The van der Waals surface area contributed by atoms with E-state index in [1.807, 2.05) is 6.07 Å². The summed E-state index contributed by atoms with van der Waals surface area (Å²) in [5.74, 6) is -1.01. The lowest BCUT2D eigenvalue weighted by molar-refractivity contribution is -0.135. The third-order valence-electron chi connectivity index (χ3n) is 6.77. The average Bonchev–Trinajstić information content (AvgIpc) is 2.97. The van der Waals surface area contributed by atoms with Gasteiger partial charge in [0, 0.05) is 25.2 Å². The van der Waals surface area contributed by atoms with Crippen LogP contribution in [0.4, 0.5) is 9.18 Å². The summed E-state index contributed by atoms with van der Waals surface area (Å²) in [6, 6.07) is 5.93. The number of imide groups is 1. The number of carbonyl (C=O) groups is 3. The molecule has 1 aliphatic carbocycles. The van der Waals surface area contributed by atoms with Crippen LogP contribution in [-0.4, -0.2) is 54.6 Å². The number of nitrogens with one attached hydrogen (secondary N) is 2. The van der Waals surface area contributed by atoms with Gasteiger partial charge in [0.15, 0.2) is 0 Å². The van der Waals surface area contributed by atoms with Crippen molar-refractivity contribution in [1.82, 2.24) is 15.5 Å². The lowest BCUT2D eigenvalue weighted by Gasteiger charge is -2.38. The van der Waals surface area contributed by atoms with E-state index in [0.717, 1.165) is 29.7 Å². The first-order valence-corrected chi connectivity index (χ1v) is 10.7. The van der Waals surface area contributed by atoms with Gasteiger partial charge in [-0.1, -0.05) is 31.4 Å². The number of hydrogen-bond donors (Lipinski definition) is 2. The highest BCUT2D eigenvalue weighted by molar-refractivity contribution is 6.09. The normalized spacial score (nSPS) is 22.8. The van der Waals surface area contributed by atoms with Gasteiger partial charge >= 0.3 is 6.03 Å². The van der Waals surface area contributed by atoms with Crippen LogP contribution in [0.3, 0.4) is 0 Å². The second kappa shape index (κ2) is 8.34. The Bertz CT molecular complexity index is 831. The standard InChI is InChI=1S/C22H28FN3O4/c23-17-6-4-5-16(13-17)21(9-11-30-12-10-21)15-24-18(27)14-26-19(28)22(25-20(26)29)7-2-1-3-8-22/h4-6,13H,1-3,7-12,14-15H2,(H,24,27)(H,25,29). The van der Waals surface area contributed by atoms with Gasteiger partial charge in [0.05, 0.1) is 0 Å². The van der Waals surface area contributed by atoms with E-state index in [-0.39, 0.29) is 18.3 Å². The number of halogens is 1. The fourth-order valence-electron chi connectivity index (χ4n) is 4.93. The van der Waals surface area contributed by atoms with E-state index in [1.54, 1.807) is 6.07 Å². The van der Waals surface area contributed by atoms with Crippen molar-refractivity contribution in [2.45, 2.75) is 55.9 Å². The second-order valence-electron chi connectivity index (χ2n) is 8.64. The highest BCUT2D eigenvalue weighted by Crippen LogP contribution is 2.35. The molecule has 2 aliphatic heterocycles. The zero-order chi connectivity index (χ0) is 21.2. The summed E-state index contributed by atoms with van der Waals surface area (Å²) >= 11 is 0. The third-order valence-corrected chi connectivity index (χ3v) is 6.77. The molecule has 0 aromatic heterocycles. The molecule has 4 rings (SSSR count). The first-order chi connectivity index (χ1) is 14.4. The van der Waals surface area contributed by atoms with Crippen LogP contribution in [0.1, 0.15) is 50.5 Å². The zero-order valence-corrected chi connectivity index (χ0v) is 17.0. The van der Waals surface area contributed by atoms with Crippen molar-refractivity contribution in [1.29, 1.82) is 0 Å². The Labute approximate surface area is 175 Å². The molecule has 3 fully saturated rings. The predicted molar refractivity (Wildman–Crippen MR) is 107 cm³/mol. The topological polar surface area (TPSA) is 87.7 Å². The van der Waals surface area contributed by atoms with Gasteiger partial charge in [0.2, 0.25) is 5.91 Å². The lowest BCUT2D eigenvalue weighted by Crippen LogP contribution is -2.50. The van der Waals surface area contributed by atoms with Gasteiger partial charge in [0.25, 0.3) is 5.91 Å². The average molecular weight is 417 g/mol. The summed E-state index contributed by atoms with van der Waals surface area (Å²) in [4.78, 5) is 38.9. The van der Waals surface area contributed by atoms with E-state index in [4.69, 9.17) is 4.74 Å².